The van der Waals surface area contributed by atoms with Crippen molar-refractivity contribution in [3.8, 4) is 0 Å². The van der Waals surface area contributed by atoms with Crippen molar-refractivity contribution in [3.63, 3.8) is 0 Å². The second-order valence-electron chi connectivity index (χ2n) is 11.3. The Bertz CT molecular complexity index is 1730. The fourth-order valence-corrected chi connectivity index (χ4v) is 7.12. The molecule has 0 spiro atoms. The van der Waals surface area contributed by atoms with Gasteiger partial charge in [0.2, 0.25) is 11.8 Å². The maximum atomic E-state index is 14.6. The monoisotopic (exact) mass is 679 g/mol. The number of sulfonamides is 1. The van der Waals surface area contributed by atoms with Gasteiger partial charge in [0.1, 0.15) is 12.6 Å². The number of carbonyl (C=O) groups excluding carboxylic acids is 2. The second kappa shape index (κ2) is 16.1. The standard InChI is InChI=1S/C36H39Cl2N3O4S/c1-4-5-18-39-36(43)34(22-28-12-8-6-9-13-28)40(24-29-16-17-30(37)23-33(29)38)35(42)25-41(31-20-26(2)19-27(3)21-31)46(44,45)32-14-10-7-11-15-32/h6-17,19-21,23,34H,4-5,18,22,24-25H2,1-3H3,(H,39,43)/t34-/m0/s1. The van der Waals surface area contributed by atoms with Crippen LogP contribution in [-0.2, 0) is 32.6 Å². The lowest BCUT2D eigenvalue weighted by Crippen LogP contribution is -2.53. The predicted octanol–water partition coefficient (Wildman–Crippen LogP) is 7.36. The van der Waals surface area contributed by atoms with Crippen molar-refractivity contribution in [2.45, 2.75) is 57.5 Å². The molecule has 1 atom stereocenters. The van der Waals surface area contributed by atoms with Crippen molar-refractivity contribution in [2.24, 2.45) is 0 Å². The summed E-state index contributed by atoms with van der Waals surface area (Å²) in [7, 11) is -4.18. The Morgan fingerprint density at radius 1 is 0.848 bits per heavy atom. The summed E-state index contributed by atoms with van der Waals surface area (Å²) < 4.78 is 29.5. The number of rotatable bonds is 14. The summed E-state index contributed by atoms with van der Waals surface area (Å²) in [4.78, 5) is 29.9. The minimum absolute atomic E-state index is 0.0421. The first kappa shape index (κ1) is 35.0. The van der Waals surface area contributed by atoms with Crippen LogP contribution >= 0.6 is 23.2 Å². The number of nitrogens with zero attached hydrogens (tertiary/aromatic N) is 2. The van der Waals surface area contributed by atoms with Crippen molar-refractivity contribution in [1.29, 1.82) is 0 Å². The maximum Gasteiger partial charge on any atom is 0.264 e. The van der Waals surface area contributed by atoms with Crippen molar-refractivity contribution >= 4 is 50.7 Å². The molecule has 1 N–H and O–H groups in total. The van der Waals surface area contributed by atoms with Crippen LogP contribution in [0.4, 0.5) is 5.69 Å². The number of anilines is 1. The molecular formula is C36H39Cl2N3O4S. The number of halogens is 2. The van der Waals surface area contributed by atoms with Crippen LogP contribution in [0.15, 0.2) is 102 Å². The molecule has 10 heteroatoms. The third-order valence-corrected chi connectivity index (χ3v) is 9.94. The van der Waals surface area contributed by atoms with Crippen LogP contribution in [0.1, 0.15) is 42.0 Å². The molecule has 0 bridgehead atoms. The van der Waals surface area contributed by atoms with E-state index in [2.05, 4.69) is 5.32 Å². The number of carbonyl (C=O) groups is 2. The normalized spacial score (nSPS) is 11.9. The zero-order chi connectivity index (χ0) is 33.3. The molecule has 7 nitrogen and oxygen atoms in total. The minimum Gasteiger partial charge on any atom is -0.354 e. The first-order valence-electron chi connectivity index (χ1n) is 15.2. The molecule has 0 aliphatic rings. The Labute approximate surface area is 282 Å². The number of hydrogen-bond donors (Lipinski definition) is 1. The molecule has 4 aromatic rings. The lowest BCUT2D eigenvalue weighted by Gasteiger charge is -2.34. The number of aryl methyl sites for hydroxylation is 2. The van der Waals surface area contributed by atoms with E-state index in [9.17, 15) is 18.0 Å². The second-order valence-corrected chi connectivity index (χ2v) is 14.0. The molecule has 0 aliphatic carbocycles. The molecule has 0 saturated carbocycles. The third-order valence-electron chi connectivity index (χ3n) is 7.56. The first-order valence-corrected chi connectivity index (χ1v) is 17.4. The Morgan fingerprint density at radius 3 is 2.09 bits per heavy atom. The van der Waals surface area contributed by atoms with Crippen LogP contribution in [0.2, 0.25) is 10.0 Å². The van der Waals surface area contributed by atoms with Crippen LogP contribution < -0.4 is 9.62 Å². The topological polar surface area (TPSA) is 86.8 Å². The number of nitrogens with one attached hydrogen (secondary N) is 1. The van der Waals surface area contributed by atoms with Gasteiger partial charge in [-0.15, -0.1) is 0 Å². The molecule has 0 aliphatic heterocycles. The van der Waals surface area contributed by atoms with Crippen molar-refractivity contribution in [1.82, 2.24) is 10.2 Å². The van der Waals surface area contributed by atoms with Gasteiger partial charge < -0.3 is 10.2 Å². The smallest absolute Gasteiger partial charge is 0.264 e. The van der Waals surface area contributed by atoms with Crippen molar-refractivity contribution < 1.29 is 18.0 Å². The van der Waals surface area contributed by atoms with Gasteiger partial charge in [-0.3, -0.25) is 13.9 Å². The first-order chi connectivity index (χ1) is 22.0. The highest BCUT2D eigenvalue weighted by atomic mass is 35.5. The SMILES string of the molecule is CCCCNC(=O)[C@H](Cc1ccccc1)N(Cc1ccc(Cl)cc1Cl)C(=O)CN(c1cc(C)cc(C)c1)S(=O)(=O)c1ccccc1. The summed E-state index contributed by atoms with van der Waals surface area (Å²) in [6, 6.07) is 26.8. The van der Waals surface area contributed by atoms with E-state index in [0.717, 1.165) is 33.8 Å². The van der Waals surface area contributed by atoms with Gasteiger partial charge >= 0.3 is 0 Å². The molecule has 242 valence electrons. The van der Waals surface area contributed by atoms with Gasteiger partial charge in [-0.1, -0.05) is 97.2 Å². The third kappa shape index (κ3) is 9.12. The van der Waals surface area contributed by atoms with Crippen LogP contribution in [0.25, 0.3) is 0 Å². The summed E-state index contributed by atoms with van der Waals surface area (Å²) >= 11 is 12.8. The van der Waals surface area contributed by atoms with Gasteiger partial charge in [-0.2, -0.15) is 0 Å². The lowest BCUT2D eigenvalue weighted by molar-refractivity contribution is -0.140. The fraction of sp³-hybridized carbons (Fsp3) is 0.278. The summed E-state index contributed by atoms with van der Waals surface area (Å²) in [6.07, 6.45) is 1.87. The number of amides is 2. The fourth-order valence-electron chi connectivity index (χ4n) is 5.24. The Morgan fingerprint density at radius 2 is 1.48 bits per heavy atom. The predicted molar refractivity (Wildman–Crippen MR) is 186 cm³/mol. The number of hydrogen-bond acceptors (Lipinski definition) is 4. The molecule has 46 heavy (non-hydrogen) atoms. The number of unbranched alkanes of at least 4 members (excludes halogenated alkanes) is 1. The lowest BCUT2D eigenvalue weighted by atomic mass is 10.0. The highest BCUT2D eigenvalue weighted by Gasteiger charge is 2.35. The van der Waals surface area contributed by atoms with E-state index in [1.54, 1.807) is 48.5 Å². The average molecular weight is 681 g/mol. The van der Waals surface area contributed by atoms with Gasteiger partial charge in [0.15, 0.2) is 0 Å². The van der Waals surface area contributed by atoms with Crippen molar-refractivity contribution in [2.75, 3.05) is 17.4 Å². The van der Waals surface area contributed by atoms with E-state index in [1.807, 2.05) is 57.2 Å². The maximum absolute atomic E-state index is 14.6. The average Bonchev–Trinajstić information content (AvgIpc) is 3.02. The highest BCUT2D eigenvalue weighted by Crippen LogP contribution is 2.28. The van der Waals surface area contributed by atoms with Crippen molar-refractivity contribution in [3.05, 3.63) is 129 Å². The Balaban J connectivity index is 1.82. The number of benzene rings is 4. The molecule has 0 saturated heterocycles. The van der Waals surface area contributed by atoms with Crippen LogP contribution in [-0.4, -0.2) is 44.3 Å². The molecule has 0 aromatic heterocycles. The molecule has 0 heterocycles. The van der Waals surface area contributed by atoms with E-state index in [0.29, 0.717) is 27.8 Å². The van der Waals surface area contributed by atoms with Gasteiger partial charge in [0.05, 0.1) is 10.6 Å². The molecule has 0 unspecified atom stereocenters. The van der Waals surface area contributed by atoms with Gasteiger partial charge in [-0.05, 0) is 78.9 Å². The van der Waals surface area contributed by atoms with Crippen LogP contribution in [0.3, 0.4) is 0 Å². The van der Waals surface area contributed by atoms with E-state index >= 15 is 0 Å². The van der Waals surface area contributed by atoms with E-state index < -0.39 is 28.5 Å². The molecule has 4 rings (SSSR count). The molecule has 0 radical (unpaired) electrons. The zero-order valence-corrected chi connectivity index (χ0v) is 28.6. The Kier molecular flexibility index (Phi) is 12.3. The molecule has 4 aromatic carbocycles. The summed E-state index contributed by atoms with van der Waals surface area (Å²) in [5.41, 5.74) is 3.46. The minimum atomic E-state index is -4.18. The van der Waals surface area contributed by atoms with Gasteiger partial charge in [0.25, 0.3) is 10.0 Å². The van der Waals surface area contributed by atoms with E-state index in [1.165, 1.54) is 17.0 Å². The van der Waals surface area contributed by atoms with E-state index in [4.69, 9.17) is 23.2 Å². The Hall–Kier alpha value is -3.85. The quantitative estimate of drug-likeness (QED) is 0.141. The van der Waals surface area contributed by atoms with Gasteiger partial charge in [-0.25, -0.2) is 8.42 Å². The van der Waals surface area contributed by atoms with Gasteiger partial charge in [0, 0.05) is 29.6 Å². The molecule has 2 amide bonds. The summed E-state index contributed by atoms with van der Waals surface area (Å²) in [5, 5.41) is 3.75. The molecule has 0 fully saturated rings. The van der Waals surface area contributed by atoms with Crippen LogP contribution in [0, 0.1) is 13.8 Å². The highest BCUT2D eigenvalue weighted by molar-refractivity contribution is 7.92. The largest absolute Gasteiger partial charge is 0.354 e. The van der Waals surface area contributed by atoms with Crippen LogP contribution in [0.5, 0.6) is 0 Å². The zero-order valence-electron chi connectivity index (χ0n) is 26.2. The summed E-state index contributed by atoms with van der Waals surface area (Å²) in [6.45, 7) is 5.63. The molecular weight excluding hydrogens is 641 g/mol. The summed E-state index contributed by atoms with van der Waals surface area (Å²) in [5.74, 6) is -0.893. The van der Waals surface area contributed by atoms with E-state index in [-0.39, 0.29) is 23.8 Å².